The summed E-state index contributed by atoms with van der Waals surface area (Å²) in [6, 6.07) is 10.1. The van der Waals surface area contributed by atoms with Gasteiger partial charge < -0.3 is 14.6 Å². The largest absolute Gasteiger partial charge is 0.462 e. The van der Waals surface area contributed by atoms with Gasteiger partial charge >= 0.3 is 5.97 Å². The van der Waals surface area contributed by atoms with Crippen LogP contribution in [0.5, 0.6) is 0 Å². The minimum Gasteiger partial charge on any atom is -0.462 e. The SMILES string of the molecule is CCOC(=O)c1c(CC(C)C)csc1NC(=O)CSc1nnc(Cc2ccccc2)n1C. The van der Waals surface area contributed by atoms with Gasteiger partial charge in [0.2, 0.25) is 5.91 Å². The Labute approximate surface area is 196 Å². The lowest BCUT2D eigenvalue weighted by Crippen LogP contribution is -2.17. The van der Waals surface area contributed by atoms with Crippen LogP contribution < -0.4 is 5.32 Å². The molecule has 32 heavy (non-hydrogen) atoms. The summed E-state index contributed by atoms with van der Waals surface area (Å²) >= 11 is 2.67. The van der Waals surface area contributed by atoms with Crippen LogP contribution in [0.3, 0.4) is 0 Å². The van der Waals surface area contributed by atoms with Crippen molar-refractivity contribution in [3.8, 4) is 0 Å². The molecule has 0 radical (unpaired) electrons. The molecule has 0 unspecified atom stereocenters. The molecule has 1 amide bonds. The normalized spacial score (nSPS) is 11.0. The Morgan fingerprint density at radius 1 is 1.22 bits per heavy atom. The zero-order chi connectivity index (χ0) is 23.1. The van der Waals surface area contributed by atoms with E-state index in [0.717, 1.165) is 23.4 Å². The third-order valence-corrected chi connectivity index (χ3v) is 6.65. The van der Waals surface area contributed by atoms with Crippen molar-refractivity contribution in [2.24, 2.45) is 13.0 Å². The van der Waals surface area contributed by atoms with Crippen LogP contribution in [0.4, 0.5) is 5.00 Å². The minimum absolute atomic E-state index is 0.164. The highest BCUT2D eigenvalue weighted by Gasteiger charge is 2.22. The fourth-order valence-electron chi connectivity index (χ4n) is 3.20. The Balaban J connectivity index is 1.64. The lowest BCUT2D eigenvalue weighted by Gasteiger charge is -2.10. The van der Waals surface area contributed by atoms with Crippen LogP contribution >= 0.6 is 23.1 Å². The molecule has 0 spiro atoms. The van der Waals surface area contributed by atoms with Crippen molar-refractivity contribution in [1.82, 2.24) is 14.8 Å². The van der Waals surface area contributed by atoms with E-state index in [0.29, 0.717) is 28.1 Å². The first-order chi connectivity index (χ1) is 15.4. The second-order valence-electron chi connectivity index (χ2n) is 7.74. The molecule has 0 saturated heterocycles. The number of ether oxygens (including phenoxy) is 1. The van der Waals surface area contributed by atoms with E-state index >= 15 is 0 Å². The molecule has 1 N–H and O–H groups in total. The van der Waals surface area contributed by atoms with Gasteiger partial charge in [-0.15, -0.1) is 21.5 Å². The van der Waals surface area contributed by atoms with Crippen molar-refractivity contribution in [2.45, 2.75) is 38.8 Å². The lowest BCUT2D eigenvalue weighted by molar-refractivity contribution is -0.113. The number of aromatic nitrogens is 3. The van der Waals surface area contributed by atoms with Crippen molar-refractivity contribution < 1.29 is 14.3 Å². The first-order valence-corrected chi connectivity index (χ1v) is 12.4. The number of nitrogens with zero attached hydrogens (tertiary/aromatic N) is 3. The number of rotatable bonds is 10. The Hall–Kier alpha value is -2.65. The number of carbonyl (C=O) groups is 2. The number of hydrogen-bond donors (Lipinski definition) is 1. The van der Waals surface area contributed by atoms with E-state index in [1.54, 1.807) is 6.92 Å². The average Bonchev–Trinajstić information content (AvgIpc) is 3.30. The van der Waals surface area contributed by atoms with Crippen molar-refractivity contribution >= 4 is 40.0 Å². The zero-order valence-electron chi connectivity index (χ0n) is 18.8. The van der Waals surface area contributed by atoms with Crippen molar-refractivity contribution in [2.75, 3.05) is 17.7 Å². The molecule has 0 aliphatic carbocycles. The zero-order valence-corrected chi connectivity index (χ0v) is 20.4. The molecular formula is C23H28N4O3S2. The number of hydrogen-bond acceptors (Lipinski definition) is 7. The minimum atomic E-state index is -0.397. The summed E-state index contributed by atoms with van der Waals surface area (Å²) in [5.74, 6) is 0.784. The molecule has 9 heteroatoms. The van der Waals surface area contributed by atoms with Crippen molar-refractivity contribution in [1.29, 1.82) is 0 Å². The number of thiophene rings is 1. The van der Waals surface area contributed by atoms with E-state index in [-0.39, 0.29) is 18.3 Å². The molecule has 0 aliphatic heterocycles. The maximum absolute atomic E-state index is 12.6. The number of amides is 1. The molecule has 2 aromatic heterocycles. The highest BCUT2D eigenvalue weighted by Crippen LogP contribution is 2.31. The Morgan fingerprint density at radius 2 is 1.97 bits per heavy atom. The number of anilines is 1. The maximum Gasteiger partial charge on any atom is 0.341 e. The van der Waals surface area contributed by atoms with Crippen LogP contribution in [0.2, 0.25) is 0 Å². The Kier molecular flexibility index (Phi) is 8.46. The molecule has 0 bridgehead atoms. The van der Waals surface area contributed by atoms with Crippen LogP contribution in [0.1, 0.15) is 48.1 Å². The Morgan fingerprint density at radius 3 is 2.66 bits per heavy atom. The van der Waals surface area contributed by atoms with Gasteiger partial charge in [-0.3, -0.25) is 4.79 Å². The molecule has 2 heterocycles. The number of carbonyl (C=O) groups excluding carboxylic acids is 2. The molecule has 3 aromatic rings. The molecule has 3 rings (SSSR count). The molecule has 0 aliphatic rings. The number of nitrogens with one attached hydrogen (secondary N) is 1. The summed E-state index contributed by atoms with van der Waals surface area (Å²) in [6.07, 6.45) is 1.42. The number of benzene rings is 1. The third kappa shape index (κ3) is 6.20. The predicted octanol–water partition coefficient (Wildman–Crippen LogP) is 4.57. The van der Waals surface area contributed by atoms with Gasteiger partial charge in [-0.05, 0) is 35.8 Å². The first-order valence-electron chi connectivity index (χ1n) is 10.5. The highest BCUT2D eigenvalue weighted by atomic mass is 32.2. The first kappa shape index (κ1) is 24.0. The smallest absolute Gasteiger partial charge is 0.341 e. The fourth-order valence-corrected chi connectivity index (χ4v) is 4.91. The van der Waals surface area contributed by atoms with E-state index in [9.17, 15) is 9.59 Å². The molecule has 170 valence electrons. The van der Waals surface area contributed by atoms with Gasteiger partial charge in [0.1, 0.15) is 10.8 Å². The van der Waals surface area contributed by atoms with Gasteiger partial charge in [-0.2, -0.15) is 0 Å². The quantitative estimate of drug-likeness (QED) is 0.344. The summed E-state index contributed by atoms with van der Waals surface area (Å²) in [5, 5.41) is 14.5. The van der Waals surface area contributed by atoms with Gasteiger partial charge in [-0.1, -0.05) is 55.9 Å². The van der Waals surface area contributed by atoms with Crippen molar-refractivity contribution in [3.63, 3.8) is 0 Å². The van der Waals surface area contributed by atoms with Crippen molar-refractivity contribution in [3.05, 3.63) is 58.2 Å². The lowest BCUT2D eigenvalue weighted by atomic mass is 10.0. The molecule has 7 nitrogen and oxygen atoms in total. The van der Waals surface area contributed by atoms with Gasteiger partial charge in [-0.25, -0.2) is 4.79 Å². The second kappa shape index (κ2) is 11.3. The molecule has 0 saturated carbocycles. The summed E-state index contributed by atoms with van der Waals surface area (Å²) in [6.45, 7) is 6.24. The van der Waals surface area contributed by atoms with Crippen LogP contribution in [0.15, 0.2) is 40.9 Å². The molecule has 0 atom stereocenters. The van der Waals surface area contributed by atoms with Gasteiger partial charge in [0.25, 0.3) is 0 Å². The van der Waals surface area contributed by atoms with Crippen LogP contribution in [0.25, 0.3) is 0 Å². The number of esters is 1. The average molecular weight is 473 g/mol. The monoisotopic (exact) mass is 472 g/mol. The summed E-state index contributed by atoms with van der Waals surface area (Å²) in [7, 11) is 1.90. The van der Waals surface area contributed by atoms with Crippen LogP contribution in [0, 0.1) is 5.92 Å². The van der Waals surface area contributed by atoms with Crippen LogP contribution in [-0.4, -0.2) is 39.0 Å². The standard InChI is InChI=1S/C23H28N4O3S2/c1-5-30-22(29)20-17(11-15(2)3)13-31-21(20)24-19(28)14-32-23-26-25-18(27(23)4)12-16-9-7-6-8-10-16/h6-10,13,15H,5,11-12,14H2,1-4H3,(H,24,28). The highest BCUT2D eigenvalue weighted by molar-refractivity contribution is 7.99. The summed E-state index contributed by atoms with van der Waals surface area (Å²) < 4.78 is 7.12. The molecule has 1 aromatic carbocycles. The van der Waals surface area contributed by atoms with Gasteiger partial charge in [0, 0.05) is 13.5 Å². The molecule has 0 fully saturated rings. The van der Waals surface area contributed by atoms with Gasteiger partial charge in [0.15, 0.2) is 5.16 Å². The number of thioether (sulfide) groups is 1. The predicted molar refractivity (Wildman–Crippen MR) is 128 cm³/mol. The second-order valence-corrected chi connectivity index (χ2v) is 9.56. The van der Waals surface area contributed by atoms with E-state index in [2.05, 4.69) is 29.4 Å². The summed E-state index contributed by atoms with van der Waals surface area (Å²) in [4.78, 5) is 25.1. The van der Waals surface area contributed by atoms with E-state index in [4.69, 9.17) is 4.74 Å². The topological polar surface area (TPSA) is 86.1 Å². The van der Waals surface area contributed by atoms with E-state index < -0.39 is 5.97 Å². The van der Waals surface area contributed by atoms with Crippen LogP contribution in [-0.2, 0) is 29.4 Å². The fraction of sp³-hybridized carbons (Fsp3) is 0.391. The van der Waals surface area contributed by atoms with E-state index in [1.165, 1.54) is 23.1 Å². The summed E-state index contributed by atoms with van der Waals surface area (Å²) in [5.41, 5.74) is 2.52. The molecular weight excluding hydrogens is 444 g/mol. The van der Waals surface area contributed by atoms with Gasteiger partial charge in [0.05, 0.1) is 17.9 Å². The Bertz CT molecular complexity index is 1060. The van der Waals surface area contributed by atoms with E-state index in [1.807, 2.05) is 47.3 Å². The maximum atomic E-state index is 12.6. The third-order valence-electron chi connectivity index (χ3n) is 4.69.